The maximum absolute atomic E-state index is 13.1. The minimum atomic E-state index is -0.542. The Balaban J connectivity index is 1.58. The molecular weight excluding hydrogens is 402 g/mol. The molecule has 6 heteroatoms. The Morgan fingerprint density at radius 2 is 1.50 bits per heavy atom. The van der Waals surface area contributed by atoms with Gasteiger partial charge >= 0.3 is 0 Å². The van der Waals surface area contributed by atoms with Crippen LogP contribution in [0.25, 0.3) is 0 Å². The third-order valence-corrected chi connectivity index (χ3v) is 5.79. The van der Waals surface area contributed by atoms with Crippen molar-refractivity contribution in [3.8, 4) is 0 Å². The Kier molecular flexibility index (Phi) is 6.50. The zero-order valence-corrected chi connectivity index (χ0v) is 18.1. The first-order valence-electron chi connectivity index (χ1n) is 11.0. The molecule has 0 radical (unpaired) electrons. The summed E-state index contributed by atoms with van der Waals surface area (Å²) in [5, 5.41) is 5.67. The van der Waals surface area contributed by atoms with Crippen molar-refractivity contribution in [2.45, 2.75) is 38.8 Å². The maximum Gasteiger partial charge on any atom is 0.257 e. The fourth-order valence-corrected chi connectivity index (χ4v) is 4.17. The summed E-state index contributed by atoms with van der Waals surface area (Å²) in [5.41, 5.74) is 3.02. The lowest BCUT2D eigenvalue weighted by molar-refractivity contribution is 0.0936. The summed E-state index contributed by atoms with van der Waals surface area (Å²) in [5.74, 6) is -0.902. The van der Waals surface area contributed by atoms with E-state index >= 15 is 0 Å². The highest BCUT2D eigenvalue weighted by Gasteiger charge is 2.25. The van der Waals surface area contributed by atoms with E-state index in [1.54, 1.807) is 23.9 Å². The van der Waals surface area contributed by atoms with E-state index in [9.17, 15) is 14.4 Å². The first kappa shape index (κ1) is 21.6. The number of benzene rings is 2. The van der Waals surface area contributed by atoms with Gasteiger partial charge in [-0.1, -0.05) is 54.6 Å². The van der Waals surface area contributed by atoms with Crippen molar-refractivity contribution in [1.82, 2.24) is 15.2 Å². The van der Waals surface area contributed by atoms with Crippen molar-refractivity contribution in [2.75, 3.05) is 6.54 Å². The Morgan fingerprint density at radius 1 is 0.906 bits per heavy atom. The van der Waals surface area contributed by atoms with E-state index in [0.717, 1.165) is 24.8 Å². The monoisotopic (exact) mass is 429 g/mol. The number of rotatable bonds is 7. The largest absolute Gasteiger partial charge is 0.352 e. The second-order valence-corrected chi connectivity index (χ2v) is 8.09. The van der Waals surface area contributed by atoms with Crippen LogP contribution in [-0.4, -0.2) is 29.0 Å². The van der Waals surface area contributed by atoms with E-state index in [2.05, 4.69) is 22.8 Å². The van der Waals surface area contributed by atoms with Crippen LogP contribution < -0.4 is 16.1 Å². The summed E-state index contributed by atoms with van der Waals surface area (Å²) in [6.45, 7) is 2.74. The van der Waals surface area contributed by atoms with Crippen molar-refractivity contribution >= 4 is 11.8 Å². The maximum atomic E-state index is 13.1. The summed E-state index contributed by atoms with van der Waals surface area (Å²) < 4.78 is 1.76. The van der Waals surface area contributed by atoms with Crippen LogP contribution in [0, 0.1) is 0 Å². The molecule has 1 aromatic heterocycles. The Hall–Kier alpha value is -3.67. The highest BCUT2D eigenvalue weighted by Crippen LogP contribution is 2.21. The molecule has 1 heterocycles. The molecule has 0 fully saturated rings. The second-order valence-electron chi connectivity index (χ2n) is 8.09. The average Bonchev–Trinajstić information content (AvgIpc) is 3.21. The molecule has 32 heavy (non-hydrogen) atoms. The van der Waals surface area contributed by atoms with Crippen molar-refractivity contribution in [3.63, 3.8) is 0 Å². The van der Waals surface area contributed by atoms with Gasteiger partial charge in [0, 0.05) is 31.5 Å². The van der Waals surface area contributed by atoms with E-state index in [0.29, 0.717) is 13.1 Å². The number of hydrogen-bond acceptors (Lipinski definition) is 3. The van der Waals surface area contributed by atoms with E-state index in [1.807, 2.05) is 42.5 Å². The van der Waals surface area contributed by atoms with Gasteiger partial charge < -0.3 is 15.2 Å². The summed E-state index contributed by atoms with van der Waals surface area (Å²) in [7, 11) is 0. The van der Waals surface area contributed by atoms with Crippen molar-refractivity contribution in [3.05, 3.63) is 105 Å². The summed E-state index contributed by atoms with van der Waals surface area (Å²) in [6, 6.07) is 18.0. The molecule has 164 valence electrons. The number of carbonyl (C=O) groups excluding carboxylic acids is 2. The molecule has 0 bridgehead atoms. The lowest BCUT2D eigenvalue weighted by Gasteiger charge is -2.15. The standard InChI is InChI=1S/C26H27N3O3/c1-2-27-25(31)22-16-29(13-12-18-8-4-3-5-9-18)17-23(24(22)30)26(32)28-21-14-19-10-6-7-11-20(19)15-21/h3-11,16-17,21H,2,12-15H2,1H3,(H,27,31)(H,28,32). The summed E-state index contributed by atoms with van der Waals surface area (Å²) in [6.07, 6.45) is 5.29. The molecule has 2 N–H and O–H groups in total. The van der Waals surface area contributed by atoms with E-state index in [1.165, 1.54) is 11.1 Å². The molecule has 0 saturated carbocycles. The Labute approximate surface area is 187 Å². The fourth-order valence-electron chi connectivity index (χ4n) is 4.17. The van der Waals surface area contributed by atoms with Gasteiger partial charge in [0.1, 0.15) is 11.1 Å². The number of pyridine rings is 1. The molecule has 0 saturated heterocycles. The van der Waals surface area contributed by atoms with Crippen molar-refractivity contribution in [1.29, 1.82) is 0 Å². The Bertz CT molecular complexity index is 1160. The van der Waals surface area contributed by atoms with Crippen LogP contribution in [0.3, 0.4) is 0 Å². The van der Waals surface area contributed by atoms with Crippen LogP contribution in [0.4, 0.5) is 0 Å². The molecule has 2 aromatic carbocycles. The average molecular weight is 430 g/mol. The number of aryl methyl sites for hydroxylation is 2. The van der Waals surface area contributed by atoms with E-state index < -0.39 is 17.2 Å². The summed E-state index contributed by atoms with van der Waals surface area (Å²) in [4.78, 5) is 38.6. The number of amides is 2. The number of nitrogens with one attached hydrogen (secondary N) is 2. The Morgan fingerprint density at radius 3 is 2.12 bits per heavy atom. The molecule has 2 amide bonds. The second kappa shape index (κ2) is 9.64. The van der Waals surface area contributed by atoms with Crippen LogP contribution in [0.15, 0.2) is 71.8 Å². The quantitative estimate of drug-likeness (QED) is 0.606. The molecular formula is C26H27N3O3. The predicted octanol–water partition coefficient (Wildman–Crippen LogP) is 2.74. The van der Waals surface area contributed by atoms with E-state index in [-0.39, 0.29) is 17.2 Å². The fraction of sp³-hybridized carbons (Fsp3) is 0.269. The molecule has 1 aliphatic carbocycles. The minimum Gasteiger partial charge on any atom is -0.352 e. The molecule has 0 unspecified atom stereocenters. The molecule has 0 aliphatic heterocycles. The van der Waals surface area contributed by atoms with Crippen LogP contribution in [0.2, 0.25) is 0 Å². The smallest absolute Gasteiger partial charge is 0.257 e. The SMILES string of the molecule is CCNC(=O)c1cn(CCc2ccccc2)cc(C(=O)NC2Cc3ccccc3C2)c1=O. The molecule has 1 aliphatic rings. The lowest BCUT2D eigenvalue weighted by Crippen LogP contribution is -2.40. The van der Waals surface area contributed by atoms with Crippen LogP contribution in [-0.2, 0) is 25.8 Å². The highest BCUT2D eigenvalue weighted by molar-refractivity contribution is 5.99. The normalized spacial score (nSPS) is 12.9. The van der Waals surface area contributed by atoms with Crippen molar-refractivity contribution < 1.29 is 9.59 Å². The highest BCUT2D eigenvalue weighted by atomic mass is 16.2. The van der Waals surface area contributed by atoms with Gasteiger partial charge in [-0.05, 0) is 42.9 Å². The molecule has 4 rings (SSSR count). The first-order chi connectivity index (χ1) is 15.5. The molecule has 0 atom stereocenters. The minimum absolute atomic E-state index is 0.00206. The number of carbonyl (C=O) groups is 2. The number of nitrogens with zero attached hydrogens (tertiary/aromatic N) is 1. The number of aromatic nitrogens is 1. The van der Waals surface area contributed by atoms with Gasteiger partial charge in [0.05, 0.1) is 0 Å². The van der Waals surface area contributed by atoms with Gasteiger partial charge in [-0.15, -0.1) is 0 Å². The van der Waals surface area contributed by atoms with Gasteiger partial charge in [0.25, 0.3) is 11.8 Å². The molecule has 0 spiro atoms. The molecule has 6 nitrogen and oxygen atoms in total. The molecule has 3 aromatic rings. The van der Waals surface area contributed by atoms with Gasteiger partial charge in [-0.2, -0.15) is 0 Å². The van der Waals surface area contributed by atoms with Gasteiger partial charge in [-0.25, -0.2) is 0 Å². The summed E-state index contributed by atoms with van der Waals surface area (Å²) >= 11 is 0. The zero-order chi connectivity index (χ0) is 22.5. The first-order valence-corrected chi connectivity index (χ1v) is 11.0. The van der Waals surface area contributed by atoms with Crippen LogP contribution in [0.5, 0.6) is 0 Å². The number of hydrogen-bond donors (Lipinski definition) is 2. The van der Waals surface area contributed by atoms with Gasteiger partial charge in [-0.3, -0.25) is 14.4 Å². The third kappa shape index (κ3) is 4.80. The van der Waals surface area contributed by atoms with Crippen molar-refractivity contribution in [2.24, 2.45) is 0 Å². The zero-order valence-electron chi connectivity index (χ0n) is 18.1. The third-order valence-electron chi connectivity index (χ3n) is 5.79. The van der Waals surface area contributed by atoms with Gasteiger partial charge in [0.2, 0.25) is 5.43 Å². The van der Waals surface area contributed by atoms with Gasteiger partial charge in [0.15, 0.2) is 0 Å². The lowest BCUT2D eigenvalue weighted by atomic mass is 10.1. The van der Waals surface area contributed by atoms with E-state index in [4.69, 9.17) is 0 Å². The van der Waals surface area contributed by atoms with Crippen LogP contribution in [0.1, 0.15) is 44.3 Å². The predicted molar refractivity (Wildman–Crippen MR) is 124 cm³/mol. The number of fused-ring (bicyclic) bond motifs is 1. The van der Waals surface area contributed by atoms with Crippen LogP contribution >= 0.6 is 0 Å². The topological polar surface area (TPSA) is 80.2 Å².